The van der Waals surface area contributed by atoms with Crippen LogP contribution in [-0.4, -0.2) is 15.9 Å². The van der Waals surface area contributed by atoms with E-state index in [0.29, 0.717) is 0 Å². The van der Waals surface area contributed by atoms with Gasteiger partial charge >= 0.3 is 5.69 Å². The highest BCUT2D eigenvalue weighted by Gasteiger charge is 2.25. The van der Waals surface area contributed by atoms with Crippen LogP contribution in [-0.2, 0) is 6.42 Å². The van der Waals surface area contributed by atoms with Crippen molar-refractivity contribution in [3.8, 4) is 11.1 Å². The zero-order valence-corrected chi connectivity index (χ0v) is 15.1. The number of nitrogens with two attached hydrogens (primary N) is 1. The number of aromatic nitrogens is 2. The molecule has 0 saturated heterocycles. The topological polar surface area (TPSA) is 121 Å². The van der Waals surface area contributed by atoms with E-state index in [-0.39, 0.29) is 17.4 Å². The van der Waals surface area contributed by atoms with Crippen molar-refractivity contribution in [2.75, 3.05) is 5.73 Å². The maximum Gasteiger partial charge on any atom is 0.326 e. The monoisotopic (exact) mass is 376 g/mol. The molecule has 142 valence electrons. The first-order valence-electron chi connectivity index (χ1n) is 9.14. The highest BCUT2D eigenvalue weighted by molar-refractivity contribution is 5.97. The molecule has 3 aromatic rings. The number of anilines is 1. The maximum atomic E-state index is 12.7. The van der Waals surface area contributed by atoms with Crippen LogP contribution in [0.25, 0.3) is 11.1 Å². The average molecular weight is 376 g/mol. The first kappa shape index (κ1) is 17.8. The van der Waals surface area contributed by atoms with Crippen LogP contribution >= 0.6 is 0 Å². The molecule has 0 radical (unpaired) electrons. The molecule has 1 aliphatic rings. The molecule has 0 spiro atoms. The van der Waals surface area contributed by atoms with Crippen LogP contribution in [0.1, 0.15) is 40.5 Å². The minimum Gasteiger partial charge on any atom is -0.392 e. The first-order valence-corrected chi connectivity index (χ1v) is 9.14. The van der Waals surface area contributed by atoms with E-state index in [4.69, 9.17) is 5.73 Å². The standard InChI is InChI=1S/C21H20N4O3/c22-17-18(24-21(28)25-19(17)26)20(27)23-16-11-5-9-14-13(8-4-10-15(14)16)12-6-2-1-3-7-12/h1-4,6-8,10,16H,5,9,11,22H2,(H,23,27)(H2,24,25,26,28)/t16-/m1/s1. The molecule has 1 aliphatic carbocycles. The summed E-state index contributed by atoms with van der Waals surface area (Å²) in [6.07, 6.45) is 2.62. The SMILES string of the molecule is Nc1c(C(=O)N[C@@H]2CCCc3c(-c4ccccc4)cccc32)[nH]c(=O)[nH]c1=O. The van der Waals surface area contributed by atoms with Crippen molar-refractivity contribution < 1.29 is 4.79 Å². The van der Waals surface area contributed by atoms with E-state index in [1.54, 1.807) is 0 Å². The lowest BCUT2D eigenvalue weighted by Gasteiger charge is -2.28. The van der Waals surface area contributed by atoms with Crippen molar-refractivity contribution in [1.82, 2.24) is 15.3 Å². The van der Waals surface area contributed by atoms with Crippen molar-refractivity contribution in [1.29, 1.82) is 0 Å². The van der Waals surface area contributed by atoms with Gasteiger partial charge < -0.3 is 16.0 Å². The van der Waals surface area contributed by atoms with Crippen molar-refractivity contribution in [2.24, 2.45) is 0 Å². The number of carbonyl (C=O) groups is 1. The summed E-state index contributed by atoms with van der Waals surface area (Å²) in [5, 5.41) is 2.92. The Morgan fingerprint density at radius 2 is 1.82 bits per heavy atom. The lowest BCUT2D eigenvalue weighted by atomic mass is 9.83. The number of carbonyl (C=O) groups excluding carboxylic acids is 1. The maximum absolute atomic E-state index is 12.7. The predicted molar refractivity (Wildman–Crippen MR) is 107 cm³/mol. The fourth-order valence-electron chi connectivity index (χ4n) is 3.79. The van der Waals surface area contributed by atoms with Crippen molar-refractivity contribution >= 4 is 11.6 Å². The van der Waals surface area contributed by atoms with Gasteiger partial charge in [0.05, 0.1) is 6.04 Å². The Balaban J connectivity index is 1.69. The summed E-state index contributed by atoms with van der Waals surface area (Å²) < 4.78 is 0. The van der Waals surface area contributed by atoms with Gasteiger partial charge in [-0.05, 0) is 41.5 Å². The van der Waals surface area contributed by atoms with E-state index in [1.165, 1.54) is 5.56 Å². The lowest BCUT2D eigenvalue weighted by molar-refractivity contribution is 0.0928. The molecule has 5 N–H and O–H groups in total. The van der Waals surface area contributed by atoms with E-state index < -0.39 is 17.2 Å². The molecular weight excluding hydrogens is 356 g/mol. The molecule has 0 unspecified atom stereocenters. The third-order valence-corrected chi connectivity index (χ3v) is 5.10. The summed E-state index contributed by atoms with van der Waals surface area (Å²) in [7, 11) is 0. The molecule has 4 rings (SSSR count). The Hall–Kier alpha value is -3.61. The molecule has 0 aliphatic heterocycles. The fraction of sp³-hybridized carbons (Fsp3) is 0.190. The number of nitrogens with one attached hydrogen (secondary N) is 3. The van der Waals surface area contributed by atoms with Gasteiger partial charge in [-0.1, -0.05) is 48.5 Å². The fourth-order valence-corrected chi connectivity index (χ4v) is 3.79. The van der Waals surface area contributed by atoms with Gasteiger partial charge in [-0.15, -0.1) is 0 Å². The third-order valence-electron chi connectivity index (χ3n) is 5.10. The Labute approximate surface area is 160 Å². The van der Waals surface area contributed by atoms with E-state index in [1.807, 2.05) is 35.3 Å². The van der Waals surface area contributed by atoms with Gasteiger partial charge in [-0.3, -0.25) is 14.6 Å². The lowest BCUT2D eigenvalue weighted by Crippen LogP contribution is -2.36. The van der Waals surface area contributed by atoms with Crippen LogP contribution in [0.3, 0.4) is 0 Å². The van der Waals surface area contributed by atoms with E-state index >= 15 is 0 Å². The van der Waals surface area contributed by atoms with Gasteiger partial charge in [0.2, 0.25) is 0 Å². The van der Waals surface area contributed by atoms with E-state index in [0.717, 1.165) is 36.0 Å². The van der Waals surface area contributed by atoms with Gasteiger partial charge in [0.1, 0.15) is 11.4 Å². The van der Waals surface area contributed by atoms with Crippen LogP contribution < -0.4 is 22.3 Å². The number of benzene rings is 2. The smallest absolute Gasteiger partial charge is 0.326 e. The van der Waals surface area contributed by atoms with Gasteiger partial charge in [0, 0.05) is 0 Å². The normalized spacial score (nSPS) is 15.6. The molecule has 7 heteroatoms. The summed E-state index contributed by atoms with van der Waals surface area (Å²) in [4.78, 5) is 40.2. The van der Waals surface area contributed by atoms with Crippen molar-refractivity contribution in [2.45, 2.75) is 25.3 Å². The molecular formula is C21H20N4O3. The average Bonchev–Trinajstić information content (AvgIpc) is 2.71. The van der Waals surface area contributed by atoms with Gasteiger partial charge in [-0.25, -0.2) is 4.79 Å². The van der Waals surface area contributed by atoms with E-state index in [2.05, 4.69) is 28.5 Å². The van der Waals surface area contributed by atoms with Gasteiger partial charge in [-0.2, -0.15) is 0 Å². The second-order valence-electron chi connectivity index (χ2n) is 6.85. The van der Waals surface area contributed by atoms with Crippen LogP contribution in [0.2, 0.25) is 0 Å². The molecule has 2 aromatic carbocycles. The molecule has 1 aromatic heterocycles. The Kier molecular flexibility index (Phi) is 4.57. The Bertz CT molecular complexity index is 1150. The number of hydrogen-bond donors (Lipinski definition) is 4. The molecule has 1 heterocycles. The predicted octanol–water partition coefficient (Wildman–Crippen LogP) is 2.12. The molecule has 1 amide bonds. The summed E-state index contributed by atoms with van der Waals surface area (Å²) >= 11 is 0. The second-order valence-corrected chi connectivity index (χ2v) is 6.85. The van der Waals surface area contributed by atoms with Crippen LogP contribution in [0, 0.1) is 0 Å². The van der Waals surface area contributed by atoms with Gasteiger partial charge in [0.25, 0.3) is 11.5 Å². The molecule has 0 fully saturated rings. The quantitative estimate of drug-likeness (QED) is 0.559. The Morgan fingerprint density at radius 1 is 1.04 bits per heavy atom. The summed E-state index contributed by atoms with van der Waals surface area (Å²) in [5.74, 6) is -0.566. The number of fused-ring (bicyclic) bond motifs is 1. The Morgan fingerprint density at radius 3 is 2.61 bits per heavy atom. The summed E-state index contributed by atoms with van der Waals surface area (Å²) in [5.41, 5.74) is 8.17. The minimum absolute atomic E-state index is 0.208. The van der Waals surface area contributed by atoms with Crippen LogP contribution in [0.4, 0.5) is 5.69 Å². The third kappa shape index (κ3) is 3.22. The molecule has 0 saturated carbocycles. The van der Waals surface area contributed by atoms with Crippen molar-refractivity contribution in [3.05, 3.63) is 86.2 Å². The number of aromatic amines is 2. The zero-order chi connectivity index (χ0) is 19.7. The number of rotatable bonds is 3. The number of nitrogen functional groups attached to an aromatic ring is 1. The summed E-state index contributed by atoms with van der Waals surface area (Å²) in [6.45, 7) is 0. The first-order chi connectivity index (χ1) is 13.5. The van der Waals surface area contributed by atoms with Crippen molar-refractivity contribution in [3.63, 3.8) is 0 Å². The second kappa shape index (κ2) is 7.19. The number of amides is 1. The zero-order valence-electron chi connectivity index (χ0n) is 15.1. The van der Waals surface area contributed by atoms with Gasteiger partial charge in [0.15, 0.2) is 0 Å². The molecule has 7 nitrogen and oxygen atoms in total. The minimum atomic E-state index is -0.774. The molecule has 28 heavy (non-hydrogen) atoms. The highest BCUT2D eigenvalue weighted by atomic mass is 16.2. The van der Waals surface area contributed by atoms with Crippen LogP contribution in [0.15, 0.2) is 58.1 Å². The largest absolute Gasteiger partial charge is 0.392 e. The number of H-pyrrole nitrogens is 2. The van der Waals surface area contributed by atoms with Crippen LogP contribution in [0.5, 0.6) is 0 Å². The molecule has 1 atom stereocenters. The highest BCUT2D eigenvalue weighted by Crippen LogP contribution is 2.36. The summed E-state index contributed by atoms with van der Waals surface area (Å²) in [6, 6.07) is 16.0. The molecule has 0 bridgehead atoms. The number of hydrogen-bond acceptors (Lipinski definition) is 4. The van der Waals surface area contributed by atoms with E-state index in [9.17, 15) is 14.4 Å².